The van der Waals surface area contributed by atoms with E-state index in [0.29, 0.717) is 17.0 Å². The highest BCUT2D eigenvalue weighted by Gasteiger charge is 2.16. The fourth-order valence-electron chi connectivity index (χ4n) is 3.32. The Morgan fingerprint density at radius 2 is 1.75 bits per heavy atom. The van der Waals surface area contributed by atoms with Crippen LogP contribution in [-0.4, -0.2) is 27.1 Å². The van der Waals surface area contributed by atoms with E-state index in [9.17, 15) is 18.8 Å². The average molecular weight is 434 g/mol. The maximum absolute atomic E-state index is 13.2. The number of methoxy groups -OCH3 is 1. The molecule has 32 heavy (non-hydrogen) atoms. The summed E-state index contributed by atoms with van der Waals surface area (Å²) >= 11 is 0. The van der Waals surface area contributed by atoms with Crippen molar-refractivity contribution in [1.82, 2.24) is 14.1 Å². The number of halogens is 1. The third-order valence-electron chi connectivity index (χ3n) is 4.91. The van der Waals surface area contributed by atoms with Crippen LogP contribution in [0.25, 0.3) is 11.0 Å². The second-order valence-electron chi connectivity index (χ2n) is 7.04. The molecule has 4 rings (SSSR count). The molecule has 8 nitrogen and oxygen atoms in total. The lowest BCUT2D eigenvalue weighted by molar-refractivity contribution is -0.116. The normalized spacial score (nSPS) is 10.8. The van der Waals surface area contributed by atoms with E-state index in [2.05, 4.69) is 10.3 Å². The number of amides is 1. The molecule has 0 atom stereocenters. The van der Waals surface area contributed by atoms with Gasteiger partial charge in [0, 0.05) is 11.9 Å². The fraction of sp³-hybridized carbons (Fsp3) is 0.130. The summed E-state index contributed by atoms with van der Waals surface area (Å²) in [5, 5.41) is 2.91. The van der Waals surface area contributed by atoms with Gasteiger partial charge in [-0.3, -0.25) is 18.7 Å². The Labute approximate surface area is 181 Å². The number of ether oxygens (including phenoxy) is 1. The summed E-state index contributed by atoms with van der Waals surface area (Å²) < 4.78 is 20.5. The van der Waals surface area contributed by atoms with E-state index in [-0.39, 0.29) is 24.1 Å². The molecule has 4 aromatic rings. The molecule has 1 amide bonds. The van der Waals surface area contributed by atoms with E-state index in [1.54, 1.807) is 43.5 Å². The first-order chi connectivity index (χ1) is 15.5. The summed E-state index contributed by atoms with van der Waals surface area (Å²) in [7, 11) is 1.54. The van der Waals surface area contributed by atoms with Crippen LogP contribution in [0.2, 0.25) is 0 Å². The molecule has 2 aromatic carbocycles. The molecule has 0 saturated carbocycles. The number of hydrogen-bond donors (Lipinski definition) is 1. The molecule has 0 spiro atoms. The molecule has 2 aromatic heterocycles. The van der Waals surface area contributed by atoms with Crippen molar-refractivity contribution in [2.75, 3.05) is 12.4 Å². The van der Waals surface area contributed by atoms with Crippen LogP contribution < -0.4 is 21.3 Å². The second-order valence-corrected chi connectivity index (χ2v) is 7.04. The second kappa shape index (κ2) is 8.84. The number of rotatable bonds is 6. The van der Waals surface area contributed by atoms with Crippen molar-refractivity contribution in [1.29, 1.82) is 0 Å². The molecule has 0 fully saturated rings. The molecule has 0 aliphatic carbocycles. The highest BCUT2D eigenvalue weighted by Crippen LogP contribution is 2.15. The van der Waals surface area contributed by atoms with Crippen molar-refractivity contribution >= 4 is 22.6 Å². The van der Waals surface area contributed by atoms with Crippen LogP contribution >= 0.6 is 0 Å². The van der Waals surface area contributed by atoms with Crippen LogP contribution in [0.15, 0.2) is 76.4 Å². The molecule has 0 radical (unpaired) electrons. The average Bonchev–Trinajstić information content (AvgIpc) is 2.81. The van der Waals surface area contributed by atoms with Gasteiger partial charge in [-0.25, -0.2) is 14.2 Å². The Hall–Kier alpha value is -4.27. The Balaban J connectivity index is 1.71. The third kappa shape index (κ3) is 4.27. The molecule has 2 heterocycles. The zero-order valence-electron chi connectivity index (χ0n) is 17.1. The van der Waals surface area contributed by atoms with E-state index in [4.69, 9.17) is 4.74 Å². The van der Waals surface area contributed by atoms with Gasteiger partial charge < -0.3 is 10.1 Å². The SMILES string of the molecule is COc1ccc(NC(=O)Cn2c(=O)n(Cc3ccc(F)cc3)c(=O)c3cccnc32)cc1. The minimum Gasteiger partial charge on any atom is -0.497 e. The molecule has 0 aliphatic heterocycles. The number of nitrogens with zero attached hydrogens (tertiary/aromatic N) is 3. The number of aromatic nitrogens is 3. The first-order valence-corrected chi connectivity index (χ1v) is 9.73. The van der Waals surface area contributed by atoms with Crippen LogP contribution in [0, 0.1) is 5.82 Å². The van der Waals surface area contributed by atoms with Crippen LogP contribution in [0.1, 0.15) is 5.56 Å². The molecule has 1 N–H and O–H groups in total. The van der Waals surface area contributed by atoms with Crippen LogP contribution in [0.5, 0.6) is 5.75 Å². The lowest BCUT2D eigenvalue weighted by atomic mass is 10.2. The van der Waals surface area contributed by atoms with Gasteiger partial charge in [0.1, 0.15) is 23.8 Å². The van der Waals surface area contributed by atoms with E-state index in [0.717, 1.165) is 9.13 Å². The fourth-order valence-corrected chi connectivity index (χ4v) is 3.32. The van der Waals surface area contributed by atoms with Gasteiger partial charge in [-0.15, -0.1) is 0 Å². The predicted molar refractivity (Wildman–Crippen MR) is 117 cm³/mol. The maximum atomic E-state index is 13.2. The van der Waals surface area contributed by atoms with Gasteiger partial charge >= 0.3 is 5.69 Å². The molecule has 0 bridgehead atoms. The van der Waals surface area contributed by atoms with E-state index in [1.165, 1.54) is 30.5 Å². The number of anilines is 1. The minimum atomic E-state index is -0.685. The summed E-state index contributed by atoms with van der Waals surface area (Å²) in [4.78, 5) is 42.9. The highest BCUT2D eigenvalue weighted by atomic mass is 19.1. The van der Waals surface area contributed by atoms with Crippen LogP contribution in [-0.2, 0) is 17.9 Å². The third-order valence-corrected chi connectivity index (χ3v) is 4.91. The van der Waals surface area contributed by atoms with Crippen molar-refractivity contribution < 1.29 is 13.9 Å². The van der Waals surface area contributed by atoms with E-state index >= 15 is 0 Å². The zero-order valence-corrected chi connectivity index (χ0v) is 17.1. The summed E-state index contributed by atoms with van der Waals surface area (Å²) in [6, 6.07) is 15.4. The summed E-state index contributed by atoms with van der Waals surface area (Å²) in [6.45, 7) is -0.412. The van der Waals surface area contributed by atoms with E-state index < -0.39 is 23.0 Å². The molecule has 0 saturated heterocycles. The Kier molecular flexibility index (Phi) is 5.80. The van der Waals surface area contributed by atoms with Gasteiger partial charge in [0.2, 0.25) is 5.91 Å². The van der Waals surface area contributed by atoms with Gasteiger partial charge in [-0.2, -0.15) is 0 Å². The van der Waals surface area contributed by atoms with Crippen molar-refractivity contribution in [2.45, 2.75) is 13.1 Å². The molecular weight excluding hydrogens is 415 g/mol. The molecule has 0 unspecified atom stereocenters. The Morgan fingerprint density at radius 3 is 2.44 bits per heavy atom. The van der Waals surface area contributed by atoms with E-state index in [1.807, 2.05) is 0 Å². The first kappa shape index (κ1) is 21.0. The first-order valence-electron chi connectivity index (χ1n) is 9.73. The van der Waals surface area contributed by atoms with Crippen molar-refractivity contribution in [3.63, 3.8) is 0 Å². The topological polar surface area (TPSA) is 95.2 Å². The standard InChI is InChI=1S/C23H19FN4O4/c1-32-18-10-8-17(9-11-18)26-20(29)14-27-21-19(3-2-12-25-21)22(30)28(23(27)31)13-15-4-6-16(24)7-5-15/h2-12H,13-14H2,1H3,(H,26,29). The number of benzene rings is 2. The molecule has 162 valence electrons. The monoisotopic (exact) mass is 434 g/mol. The van der Waals surface area contributed by atoms with Crippen molar-refractivity contribution in [2.24, 2.45) is 0 Å². The number of hydrogen-bond acceptors (Lipinski definition) is 5. The van der Waals surface area contributed by atoms with Gasteiger partial charge in [-0.05, 0) is 54.1 Å². The number of fused-ring (bicyclic) bond motifs is 1. The molecular formula is C23H19FN4O4. The summed E-state index contributed by atoms with van der Waals surface area (Å²) in [5.41, 5.74) is -0.00352. The lowest BCUT2D eigenvalue weighted by Crippen LogP contribution is -2.42. The smallest absolute Gasteiger partial charge is 0.333 e. The number of pyridine rings is 1. The summed E-state index contributed by atoms with van der Waals surface area (Å²) in [5.74, 6) is -0.241. The number of carbonyl (C=O) groups excluding carboxylic acids is 1. The number of nitrogens with one attached hydrogen (secondary N) is 1. The number of carbonyl (C=O) groups is 1. The Morgan fingerprint density at radius 1 is 1.03 bits per heavy atom. The Bertz CT molecular complexity index is 1390. The molecule has 0 aliphatic rings. The van der Waals surface area contributed by atoms with Crippen LogP contribution in [0.3, 0.4) is 0 Å². The largest absolute Gasteiger partial charge is 0.497 e. The van der Waals surface area contributed by atoms with Crippen molar-refractivity contribution in [3.8, 4) is 5.75 Å². The predicted octanol–water partition coefficient (Wildman–Crippen LogP) is 2.39. The van der Waals surface area contributed by atoms with Gasteiger partial charge in [0.05, 0.1) is 19.0 Å². The van der Waals surface area contributed by atoms with Crippen molar-refractivity contribution in [3.05, 3.63) is 99.1 Å². The maximum Gasteiger partial charge on any atom is 0.333 e. The quantitative estimate of drug-likeness (QED) is 0.503. The molecule has 9 heteroatoms. The summed E-state index contributed by atoms with van der Waals surface area (Å²) in [6.07, 6.45) is 1.45. The van der Waals surface area contributed by atoms with Gasteiger partial charge in [0.25, 0.3) is 5.56 Å². The highest BCUT2D eigenvalue weighted by molar-refractivity contribution is 5.91. The zero-order chi connectivity index (χ0) is 22.7. The lowest BCUT2D eigenvalue weighted by Gasteiger charge is -2.13. The van der Waals surface area contributed by atoms with Crippen LogP contribution in [0.4, 0.5) is 10.1 Å². The van der Waals surface area contributed by atoms with Gasteiger partial charge in [-0.1, -0.05) is 12.1 Å². The van der Waals surface area contributed by atoms with Gasteiger partial charge in [0.15, 0.2) is 0 Å². The minimum absolute atomic E-state index is 0.0666.